The molecule has 10 nitrogen and oxygen atoms in total. The van der Waals surface area contributed by atoms with Gasteiger partial charge in [-0.15, -0.1) is 0 Å². The molecule has 0 radical (unpaired) electrons. The van der Waals surface area contributed by atoms with Crippen LogP contribution in [0.1, 0.15) is 134 Å². The second-order valence-electron chi connectivity index (χ2n) is 14.5. The molecule has 1 aliphatic rings. The SMILES string of the molecule is Cc1c(C)c2c(c(C)c1OCC(=O)O)CC[C@@](C)(CCC[C@H](C)CCC[C@H](C)CCCC(C)C)O2.NC(N)=NCCC[C@H](N)C(=O)O. The number of rotatable bonds is 20. The van der Waals surface area contributed by atoms with Crippen LogP contribution in [0.4, 0.5) is 0 Å². The van der Waals surface area contributed by atoms with Crippen molar-refractivity contribution < 1.29 is 29.3 Å². The van der Waals surface area contributed by atoms with Crippen LogP contribution in [0.15, 0.2) is 4.99 Å². The van der Waals surface area contributed by atoms with Crippen LogP contribution in [0.5, 0.6) is 11.5 Å². The quantitative estimate of drug-likeness (QED) is 0.0554. The first-order valence-electron chi connectivity index (χ1n) is 17.7. The largest absolute Gasteiger partial charge is 0.487 e. The predicted octanol–water partition coefficient (Wildman–Crippen LogP) is 7.05. The second-order valence-corrected chi connectivity index (χ2v) is 14.5. The first-order valence-corrected chi connectivity index (χ1v) is 17.7. The fourth-order valence-electron chi connectivity index (χ4n) is 6.25. The van der Waals surface area contributed by atoms with Gasteiger partial charge >= 0.3 is 11.9 Å². The van der Waals surface area contributed by atoms with Gasteiger partial charge in [0, 0.05) is 12.1 Å². The van der Waals surface area contributed by atoms with Crippen molar-refractivity contribution in [2.75, 3.05) is 13.2 Å². The molecule has 0 unspecified atom stereocenters. The topological polar surface area (TPSA) is 183 Å². The summed E-state index contributed by atoms with van der Waals surface area (Å²) in [6.07, 6.45) is 14.6. The van der Waals surface area contributed by atoms with Crippen molar-refractivity contribution in [3.05, 3.63) is 22.3 Å². The van der Waals surface area contributed by atoms with Crippen LogP contribution < -0.4 is 26.7 Å². The summed E-state index contributed by atoms with van der Waals surface area (Å²) in [4.78, 5) is 24.9. The number of fused-ring (bicyclic) bond motifs is 1. The summed E-state index contributed by atoms with van der Waals surface area (Å²) in [6.45, 7) is 18.0. The minimum absolute atomic E-state index is 0.0129. The Balaban J connectivity index is 0.000000779. The van der Waals surface area contributed by atoms with Crippen molar-refractivity contribution in [2.45, 2.75) is 151 Å². The number of benzene rings is 1. The van der Waals surface area contributed by atoms with Gasteiger partial charge in [-0.25, -0.2) is 4.79 Å². The molecule has 4 atom stereocenters. The number of nitrogens with two attached hydrogens (primary N) is 3. The van der Waals surface area contributed by atoms with Crippen molar-refractivity contribution in [3.8, 4) is 11.5 Å². The maximum absolute atomic E-state index is 11.0. The molecule has 270 valence electrons. The van der Waals surface area contributed by atoms with Gasteiger partial charge in [-0.1, -0.05) is 72.6 Å². The van der Waals surface area contributed by atoms with Crippen LogP contribution in [0.2, 0.25) is 0 Å². The Morgan fingerprint density at radius 3 is 1.98 bits per heavy atom. The molecule has 1 aliphatic heterocycles. The third-order valence-electron chi connectivity index (χ3n) is 9.46. The van der Waals surface area contributed by atoms with Crippen molar-refractivity contribution in [2.24, 2.45) is 39.9 Å². The fourth-order valence-corrected chi connectivity index (χ4v) is 6.25. The highest BCUT2D eigenvalue weighted by Gasteiger charge is 2.34. The summed E-state index contributed by atoms with van der Waals surface area (Å²) < 4.78 is 12.3. The molecule has 1 aromatic carbocycles. The number of hydrogen-bond acceptors (Lipinski definition) is 6. The van der Waals surface area contributed by atoms with Crippen LogP contribution in [-0.2, 0) is 16.0 Å². The molecule has 1 heterocycles. The summed E-state index contributed by atoms with van der Waals surface area (Å²) >= 11 is 0. The maximum Gasteiger partial charge on any atom is 0.341 e. The number of carboxylic acids is 2. The van der Waals surface area contributed by atoms with E-state index in [0.29, 0.717) is 25.1 Å². The lowest BCUT2D eigenvalue weighted by molar-refractivity contribution is -0.140. The monoisotopic (exact) mass is 662 g/mol. The van der Waals surface area contributed by atoms with Gasteiger partial charge in [0.15, 0.2) is 12.6 Å². The van der Waals surface area contributed by atoms with Gasteiger partial charge in [0.05, 0.1) is 0 Å². The van der Waals surface area contributed by atoms with Crippen LogP contribution in [0.3, 0.4) is 0 Å². The first kappa shape index (κ1) is 42.0. The van der Waals surface area contributed by atoms with Gasteiger partial charge in [-0.05, 0) is 101 Å². The smallest absolute Gasteiger partial charge is 0.341 e. The molecule has 0 aliphatic carbocycles. The lowest BCUT2D eigenvalue weighted by Crippen LogP contribution is -2.37. The highest BCUT2D eigenvalue weighted by atomic mass is 16.5. The number of aliphatic imine (C=N–C) groups is 1. The van der Waals surface area contributed by atoms with Crippen molar-refractivity contribution in [1.29, 1.82) is 0 Å². The third-order valence-corrected chi connectivity index (χ3v) is 9.46. The van der Waals surface area contributed by atoms with E-state index >= 15 is 0 Å². The van der Waals surface area contributed by atoms with Gasteiger partial charge in [-0.2, -0.15) is 0 Å². The molecule has 0 amide bonds. The second kappa shape index (κ2) is 21.1. The summed E-state index contributed by atoms with van der Waals surface area (Å²) in [5, 5.41) is 17.4. The van der Waals surface area contributed by atoms with E-state index in [1.54, 1.807) is 0 Å². The minimum atomic E-state index is -1.00. The minimum Gasteiger partial charge on any atom is -0.487 e. The average Bonchev–Trinajstić information content (AvgIpc) is 2.97. The maximum atomic E-state index is 11.0. The molecule has 0 fully saturated rings. The molecule has 0 saturated carbocycles. The lowest BCUT2D eigenvalue weighted by Gasteiger charge is -2.38. The van der Waals surface area contributed by atoms with Crippen LogP contribution >= 0.6 is 0 Å². The zero-order valence-corrected chi connectivity index (χ0v) is 30.6. The number of carboxylic acid groups (broad SMARTS) is 2. The Labute approximate surface area is 284 Å². The van der Waals surface area contributed by atoms with Crippen LogP contribution in [-0.4, -0.2) is 52.9 Å². The lowest BCUT2D eigenvalue weighted by atomic mass is 9.83. The summed E-state index contributed by atoms with van der Waals surface area (Å²) in [5.41, 5.74) is 19.5. The van der Waals surface area contributed by atoms with Gasteiger partial charge in [-0.3, -0.25) is 9.79 Å². The van der Waals surface area contributed by atoms with Crippen molar-refractivity contribution in [3.63, 3.8) is 0 Å². The Morgan fingerprint density at radius 1 is 0.872 bits per heavy atom. The van der Waals surface area contributed by atoms with E-state index in [1.165, 1.54) is 56.9 Å². The van der Waals surface area contributed by atoms with E-state index in [0.717, 1.165) is 59.5 Å². The summed E-state index contributed by atoms with van der Waals surface area (Å²) in [6, 6.07) is -0.820. The summed E-state index contributed by atoms with van der Waals surface area (Å²) in [5.74, 6) is 2.23. The molecule has 0 bridgehead atoms. The van der Waals surface area contributed by atoms with E-state index in [-0.39, 0.29) is 18.2 Å². The third kappa shape index (κ3) is 16.1. The van der Waals surface area contributed by atoms with E-state index in [2.05, 4.69) is 46.5 Å². The number of guanidine groups is 1. The van der Waals surface area contributed by atoms with Gasteiger partial charge in [0.1, 0.15) is 23.1 Å². The standard InChI is InChI=1S/C31H52O4.C6H14N4O2/c1-21(2)12-9-13-22(3)14-10-15-23(4)16-11-18-31(8)19-17-27-26(7)29(34-20-28(32)33)24(5)25(6)30(27)35-31;7-4(5(11)12)2-1-3-10-6(8)9/h21-23H,9-20H2,1-8H3,(H,32,33);4H,1-3,7H2,(H,11,12)(H4,8,9,10)/t22-,23-,31-;4-/m10/s1. The number of aliphatic carboxylic acids is 2. The molecule has 1 aromatic rings. The molecule has 10 heteroatoms. The van der Waals surface area contributed by atoms with E-state index in [9.17, 15) is 9.59 Å². The van der Waals surface area contributed by atoms with E-state index in [1.807, 2.05) is 13.8 Å². The van der Waals surface area contributed by atoms with Crippen molar-refractivity contribution >= 4 is 17.9 Å². The number of ether oxygens (including phenoxy) is 2. The molecule has 0 spiro atoms. The zero-order valence-electron chi connectivity index (χ0n) is 30.6. The van der Waals surface area contributed by atoms with Gasteiger partial charge in [0.25, 0.3) is 0 Å². The van der Waals surface area contributed by atoms with Gasteiger partial charge in [0.2, 0.25) is 0 Å². The Hall–Kier alpha value is -3.01. The number of hydrogen-bond donors (Lipinski definition) is 5. The molecule has 0 saturated heterocycles. The Kier molecular flexibility index (Phi) is 18.8. The normalized spacial score (nSPS) is 17.4. The average molecular weight is 663 g/mol. The Morgan fingerprint density at radius 2 is 1.45 bits per heavy atom. The molecular formula is C37H66N4O6. The first-order chi connectivity index (χ1) is 22.0. The van der Waals surface area contributed by atoms with Crippen molar-refractivity contribution in [1.82, 2.24) is 0 Å². The Bertz CT molecular complexity index is 1150. The molecule has 8 N–H and O–H groups in total. The summed E-state index contributed by atoms with van der Waals surface area (Å²) in [7, 11) is 0. The highest BCUT2D eigenvalue weighted by molar-refractivity contribution is 5.75. The van der Waals surface area contributed by atoms with Crippen LogP contribution in [0, 0.1) is 38.5 Å². The van der Waals surface area contributed by atoms with Crippen LogP contribution in [0.25, 0.3) is 0 Å². The van der Waals surface area contributed by atoms with E-state index < -0.39 is 18.0 Å². The number of carbonyl (C=O) groups is 2. The highest BCUT2D eigenvalue weighted by Crippen LogP contribution is 2.45. The van der Waals surface area contributed by atoms with E-state index in [4.69, 9.17) is 36.9 Å². The molecular weight excluding hydrogens is 596 g/mol. The van der Waals surface area contributed by atoms with Gasteiger partial charge < -0.3 is 36.9 Å². The molecule has 47 heavy (non-hydrogen) atoms. The molecule has 0 aromatic heterocycles. The number of nitrogens with zero attached hydrogens (tertiary/aromatic N) is 1. The fraction of sp³-hybridized carbons (Fsp3) is 0.757. The zero-order chi connectivity index (χ0) is 35.7. The molecule has 2 rings (SSSR count). The predicted molar refractivity (Wildman–Crippen MR) is 191 cm³/mol.